The molecule has 0 aliphatic heterocycles. The fourth-order valence-electron chi connectivity index (χ4n) is 1.34. The van der Waals surface area contributed by atoms with E-state index in [1.54, 1.807) is 6.07 Å². The lowest BCUT2D eigenvalue weighted by Crippen LogP contribution is -2.49. The first-order chi connectivity index (χ1) is 6.92. The van der Waals surface area contributed by atoms with Crippen LogP contribution in [0.1, 0.15) is 5.56 Å². The van der Waals surface area contributed by atoms with Crippen LogP contribution in [0.4, 0.5) is 13.2 Å². The smallest absolute Gasteiger partial charge is 0.375 e. The summed E-state index contributed by atoms with van der Waals surface area (Å²) in [6.45, 7) is -0.569. The zero-order valence-electron chi connectivity index (χ0n) is 8.17. The van der Waals surface area contributed by atoms with Crippen molar-refractivity contribution in [1.29, 1.82) is 0 Å². The van der Waals surface area contributed by atoms with Gasteiger partial charge in [-0.2, -0.15) is 13.2 Å². The van der Waals surface area contributed by atoms with E-state index in [9.17, 15) is 18.3 Å². The van der Waals surface area contributed by atoms with Gasteiger partial charge in [0.1, 0.15) is 0 Å². The van der Waals surface area contributed by atoms with E-state index < -0.39 is 18.3 Å². The van der Waals surface area contributed by atoms with E-state index in [4.69, 9.17) is 0 Å². The second-order valence-electron chi connectivity index (χ2n) is 3.25. The molecule has 2 N–H and O–H groups in total. The van der Waals surface area contributed by atoms with E-state index in [1.165, 1.54) is 31.3 Å². The summed E-state index contributed by atoms with van der Waals surface area (Å²) in [6.07, 6.45) is -4.70. The fraction of sp³-hybridized carbons (Fsp3) is 0.400. The van der Waals surface area contributed by atoms with Crippen LogP contribution in [-0.2, 0) is 5.60 Å². The summed E-state index contributed by atoms with van der Waals surface area (Å²) in [5, 5.41) is 12.0. The first-order valence-electron chi connectivity index (χ1n) is 4.41. The molecule has 0 radical (unpaired) electrons. The van der Waals surface area contributed by atoms with Crippen LogP contribution in [0.5, 0.6) is 0 Å². The number of aliphatic hydroxyl groups is 1. The molecule has 15 heavy (non-hydrogen) atoms. The Morgan fingerprint density at radius 2 is 1.73 bits per heavy atom. The molecule has 0 aliphatic rings. The summed E-state index contributed by atoms with van der Waals surface area (Å²) in [4.78, 5) is 0. The third-order valence-electron chi connectivity index (χ3n) is 2.15. The summed E-state index contributed by atoms with van der Waals surface area (Å²) >= 11 is 0. The predicted octanol–water partition coefficient (Wildman–Crippen LogP) is 1.66. The lowest BCUT2D eigenvalue weighted by molar-refractivity contribution is -0.264. The highest BCUT2D eigenvalue weighted by molar-refractivity contribution is 5.24. The van der Waals surface area contributed by atoms with Crippen molar-refractivity contribution in [3.63, 3.8) is 0 Å². The van der Waals surface area contributed by atoms with Gasteiger partial charge in [-0.3, -0.25) is 0 Å². The Hall–Kier alpha value is -1.07. The Kier molecular flexibility index (Phi) is 3.36. The van der Waals surface area contributed by atoms with Crippen LogP contribution in [0.25, 0.3) is 0 Å². The van der Waals surface area contributed by atoms with E-state index in [1.807, 2.05) is 0 Å². The van der Waals surface area contributed by atoms with Gasteiger partial charge < -0.3 is 10.4 Å². The standard InChI is InChI=1S/C10H12F3NO/c1-14-7-9(15,10(11,12)13)8-5-3-2-4-6-8/h2-6,14-15H,7H2,1H3. The van der Waals surface area contributed by atoms with Gasteiger partial charge in [-0.15, -0.1) is 0 Å². The zero-order chi connectivity index (χ0) is 11.5. The number of benzene rings is 1. The summed E-state index contributed by atoms with van der Waals surface area (Å²) in [5.41, 5.74) is -2.99. The Bertz CT molecular complexity index is 312. The molecule has 1 rings (SSSR count). The summed E-state index contributed by atoms with van der Waals surface area (Å²) in [6, 6.07) is 7.03. The van der Waals surface area contributed by atoms with Crippen LogP contribution < -0.4 is 5.32 Å². The molecule has 2 nitrogen and oxygen atoms in total. The van der Waals surface area contributed by atoms with Gasteiger partial charge in [-0.05, 0) is 12.6 Å². The molecule has 0 aromatic heterocycles. The second-order valence-corrected chi connectivity index (χ2v) is 3.25. The lowest BCUT2D eigenvalue weighted by atomic mass is 9.93. The number of nitrogens with one attached hydrogen (secondary N) is 1. The minimum atomic E-state index is -4.70. The van der Waals surface area contributed by atoms with Crippen LogP contribution in [-0.4, -0.2) is 24.9 Å². The third kappa shape index (κ3) is 2.30. The zero-order valence-corrected chi connectivity index (χ0v) is 8.17. The van der Waals surface area contributed by atoms with Gasteiger partial charge in [0.25, 0.3) is 0 Å². The molecular weight excluding hydrogens is 207 g/mol. The summed E-state index contributed by atoms with van der Waals surface area (Å²) in [5.74, 6) is 0. The monoisotopic (exact) mass is 219 g/mol. The fourth-order valence-corrected chi connectivity index (χ4v) is 1.34. The Balaban J connectivity index is 3.13. The molecule has 1 unspecified atom stereocenters. The van der Waals surface area contributed by atoms with Crippen molar-refractivity contribution in [1.82, 2.24) is 5.32 Å². The highest BCUT2D eigenvalue weighted by atomic mass is 19.4. The average Bonchev–Trinajstić information content (AvgIpc) is 2.18. The summed E-state index contributed by atoms with van der Waals surface area (Å²) in [7, 11) is 1.36. The number of alkyl halides is 3. The van der Waals surface area contributed by atoms with Crippen LogP contribution in [0.15, 0.2) is 30.3 Å². The second kappa shape index (κ2) is 4.20. The maximum atomic E-state index is 12.7. The van der Waals surface area contributed by atoms with Crippen molar-refractivity contribution in [2.75, 3.05) is 13.6 Å². The Labute approximate surface area is 85.7 Å². The van der Waals surface area contributed by atoms with Gasteiger partial charge in [0.15, 0.2) is 5.60 Å². The summed E-state index contributed by atoms with van der Waals surface area (Å²) < 4.78 is 38.1. The Morgan fingerprint density at radius 1 is 1.20 bits per heavy atom. The highest BCUT2D eigenvalue weighted by Crippen LogP contribution is 2.38. The van der Waals surface area contributed by atoms with Gasteiger partial charge in [-0.25, -0.2) is 0 Å². The van der Waals surface area contributed by atoms with Crippen LogP contribution >= 0.6 is 0 Å². The first kappa shape index (κ1) is 12.0. The molecule has 0 fully saturated rings. The first-order valence-corrected chi connectivity index (χ1v) is 4.41. The number of hydrogen-bond donors (Lipinski definition) is 2. The maximum Gasteiger partial charge on any atom is 0.422 e. The molecule has 1 aromatic rings. The van der Waals surface area contributed by atoms with Crippen LogP contribution in [0, 0.1) is 0 Å². The van der Waals surface area contributed by atoms with E-state index in [0.717, 1.165) is 0 Å². The molecule has 0 heterocycles. The maximum absolute atomic E-state index is 12.7. The molecule has 84 valence electrons. The molecule has 0 amide bonds. The van der Waals surface area contributed by atoms with Crippen molar-refractivity contribution in [2.24, 2.45) is 0 Å². The Morgan fingerprint density at radius 3 is 2.13 bits per heavy atom. The highest BCUT2D eigenvalue weighted by Gasteiger charge is 2.54. The van der Waals surface area contributed by atoms with E-state index in [-0.39, 0.29) is 5.56 Å². The van der Waals surface area contributed by atoms with Crippen LogP contribution in [0.3, 0.4) is 0 Å². The van der Waals surface area contributed by atoms with E-state index >= 15 is 0 Å². The third-order valence-corrected chi connectivity index (χ3v) is 2.15. The van der Waals surface area contributed by atoms with Crippen molar-refractivity contribution >= 4 is 0 Å². The SMILES string of the molecule is CNCC(O)(c1ccccc1)C(F)(F)F. The molecule has 0 saturated carbocycles. The number of likely N-dealkylation sites (N-methyl/N-ethyl adjacent to an activating group) is 1. The van der Waals surface area contributed by atoms with Gasteiger partial charge >= 0.3 is 6.18 Å². The number of hydrogen-bond acceptors (Lipinski definition) is 2. The van der Waals surface area contributed by atoms with Crippen molar-refractivity contribution in [2.45, 2.75) is 11.8 Å². The average molecular weight is 219 g/mol. The molecule has 0 aliphatic carbocycles. The van der Waals surface area contributed by atoms with Gasteiger partial charge in [0, 0.05) is 6.54 Å². The molecule has 0 bridgehead atoms. The molecule has 5 heteroatoms. The number of rotatable bonds is 3. The lowest BCUT2D eigenvalue weighted by Gasteiger charge is -2.30. The topological polar surface area (TPSA) is 32.3 Å². The molecule has 1 aromatic carbocycles. The quantitative estimate of drug-likeness (QED) is 0.810. The molecular formula is C10H12F3NO. The van der Waals surface area contributed by atoms with Crippen LogP contribution in [0.2, 0.25) is 0 Å². The van der Waals surface area contributed by atoms with E-state index in [2.05, 4.69) is 5.32 Å². The van der Waals surface area contributed by atoms with Crippen molar-refractivity contribution < 1.29 is 18.3 Å². The van der Waals surface area contributed by atoms with Gasteiger partial charge in [0.05, 0.1) is 0 Å². The van der Waals surface area contributed by atoms with Crippen molar-refractivity contribution in [3.8, 4) is 0 Å². The minimum Gasteiger partial charge on any atom is -0.375 e. The molecule has 0 saturated heterocycles. The van der Waals surface area contributed by atoms with Crippen molar-refractivity contribution in [3.05, 3.63) is 35.9 Å². The predicted molar refractivity (Wildman–Crippen MR) is 50.3 cm³/mol. The number of halogens is 3. The van der Waals surface area contributed by atoms with E-state index in [0.29, 0.717) is 0 Å². The largest absolute Gasteiger partial charge is 0.422 e. The van der Waals surface area contributed by atoms with Gasteiger partial charge in [0.2, 0.25) is 0 Å². The molecule has 0 spiro atoms. The molecule has 1 atom stereocenters. The van der Waals surface area contributed by atoms with Gasteiger partial charge in [-0.1, -0.05) is 30.3 Å². The minimum absolute atomic E-state index is 0.160. The normalized spacial score (nSPS) is 16.1.